The maximum atomic E-state index is 10.7. The van der Waals surface area contributed by atoms with E-state index in [-0.39, 0.29) is 5.12 Å². The Morgan fingerprint density at radius 2 is 2.06 bits per heavy atom. The van der Waals surface area contributed by atoms with E-state index in [0.717, 1.165) is 23.1 Å². The van der Waals surface area contributed by atoms with Crippen molar-refractivity contribution in [2.24, 2.45) is 0 Å². The fourth-order valence-corrected chi connectivity index (χ4v) is 1.95. The van der Waals surface area contributed by atoms with Crippen LogP contribution in [0, 0.1) is 11.8 Å². The molecule has 1 nitrogen and oxygen atoms in total. The fourth-order valence-electron chi connectivity index (χ4n) is 1.09. The highest BCUT2D eigenvalue weighted by Gasteiger charge is 1.91. The summed E-state index contributed by atoms with van der Waals surface area (Å²) in [4.78, 5) is 10.7. The van der Waals surface area contributed by atoms with Crippen LogP contribution in [0.15, 0.2) is 24.3 Å². The number of benzene rings is 1. The van der Waals surface area contributed by atoms with Crippen molar-refractivity contribution in [2.75, 3.05) is 5.75 Å². The summed E-state index contributed by atoms with van der Waals surface area (Å²) in [7, 11) is 0. The predicted molar refractivity (Wildman–Crippen MR) is 73.7 cm³/mol. The van der Waals surface area contributed by atoms with Gasteiger partial charge in [-0.15, -0.1) is 0 Å². The van der Waals surface area contributed by atoms with Gasteiger partial charge in [-0.05, 0) is 17.7 Å². The molecule has 84 valence electrons. The lowest BCUT2D eigenvalue weighted by Gasteiger charge is -1.94. The lowest BCUT2D eigenvalue weighted by molar-refractivity contribution is -0.109. The number of alkyl halides is 1. The Bertz CT molecular complexity index is 400. The summed E-state index contributed by atoms with van der Waals surface area (Å²) in [6.07, 6.45) is 0.754. The first kappa shape index (κ1) is 13.3. The minimum absolute atomic E-state index is 0.156. The Balaban J connectivity index is 2.41. The molecule has 0 aromatic heterocycles. The lowest BCUT2D eigenvalue weighted by atomic mass is 10.1. The minimum atomic E-state index is 0.156. The third-order valence-electron chi connectivity index (χ3n) is 1.87. The highest BCUT2D eigenvalue weighted by atomic mass is 79.9. The molecule has 0 radical (unpaired) electrons. The van der Waals surface area contributed by atoms with Crippen LogP contribution in [-0.4, -0.2) is 10.9 Å². The normalized spacial score (nSPS) is 9.38. The molecule has 0 atom stereocenters. The van der Waals surface area contributed by atoms with Crippen LogP contribution >= 0.6 is 27.7 Å². The Labute approximate surface area is 109 Å². The van der Waals surface area contributed by atoms with Gasteiger partial charge < -0.3 is 0 Å². The molecule has 0 aliphatic heterocycles. The van der Waals surface area contributed by atoms with E-state index >= 15 is 0 Å². The molecule has 0 N–H and O–H groups in total. The zero-order valence-electron chi connectivity index (χ0n) is 9.13. The van der Waals surface area contributed by atoms with Crippen LogP contribution in [0.3, 0.4) is 0 Å². The number of carbonyl (C=O) groups is 1. The summed E-state index contributed by atoms with van der Waals surface area (Å²) in [5.41, 5.74) is 2.27. The number of rotatable bonds is 3. The van der Waals surface area contributed by atoms with Crippen molar-refractivity contribution in [3.63, 3.8) is 0 Å². The minimum Gasteiger partial charge on any atom is -0.288 e. The Morgan fingerprint density at radius 1 is 1.38 bits per heavy atom. The molecule has 0 amide bonds. The number of halogens is 1. The number of hydrogen-bond donors (Lipinski definition) is 0. The van der Waals surface area contributed by atoms with E-state index in [9.17, 15) is 4.79 Å². The lowest BCUT2D eigenvalue weighted by Crippen LogP contribution is -1.84. The van der Waals surface area contributed by atoms with Crippen molar-refractivity contribution >= 4 is 32.8 Å². The van der Waals surface area contributed by atoms with Crippen LogP contribution in [0.1, 0.15) is 24.5 Å². The Hall–Kier alpha value is -0.720. The predicted octanol–water partition coefficient (Wildman–Crippen LogP) is 3.60. The Kier molecular flexibility index (Phi) is 6.29. The van der Waals surface area contributed by atoms with Crippen LogP contribution in [-0.2, 0) is 10.1 Å². The average Bonchev–Trinajstić information content (AvgIpc) is 2.29. The molecular weight excluding hydrogens is 284 g/mol. The van der Waals surface area contributed by atoms with E-state index in [0.29, 0.717) is 0 Å². The van der Waals surface area contributed by atoms with E-state index in [1.54, 1.807) is 6.92 Å². The highest BCUT2D eigenvalue weighted by molar-refractivity contribution is 9.08. The second-order valence-electron chi connectivity index (χ2n) is 3.22. The third-order valence-corrected chi connectivity index (χ3v) is 3.34. The topological polar surface area (TPSA) is 17.1 Å². The van der Waals surface area contributed by atoms with Crippen LogP contribution in [0.5, 0.6) is 0 Å². The van der Waals surface area contributed by atoms with Crippen LogP contribution < -0.4 is 0 Å². The summed E-state index contributed by atoms with van der Waals surface area (Å²) < 4.78 is 0. The molecule has 0 unspecified atom stereocenters. The van der Waals surface area contributed by atoms with Gasteiger partial charge in [0.25, 0.3) is 0 Å². The molecule has 0 aliphatic rings. The van der Waals surface area contributed by atoms with E-state index in [1.807, 2.05) is 12.1 Å². The third kappa shape index (κ3) is 5.39. The smallest absolute Gasteiger partial charge is 0.185 e. The zero-order chi connectivity index (χ0) is 11.8. The van der Waals surface area contributed by atoms with Gasteiger partial charge in [0.2, 0.25) is 0 Å². The molecule has 0 saturated carbocycles. The SMILES string of the molecule is CC(=O)SCCC#Cc1ccc(CBr)cc1. The van der Waals surface area contributed by atoms with Gasteiger partial charge in [-0.25, -0.2) is 0 Å². The van der Waals surface area contributed by atoms with Gasteiger partial charge in [0.05, 0.1) is 0 Å². The number of thioether (sulfide) groups is 1. The maximum absolute atomic E-state index is 10.7. The van der Waals surface area contributed by atoms with Gasteiger partial charge in [0, 0.05) is 30.0 Å². The van der Waals surface area contributed by atoms with Crippen LogP contribution in [0.25, 0.3) is 0 Å². The van der Waals surface area contributed by atoms with Gasteiger partial charge in [-0.3, -0.25) is 4.79 Å². The van der Waals surface area contributed by atoms with Gasteiger partial charge in [-0.1, -0.05) is 51.7 Å². The van der Waals surface area contributed by atoms with Crippen molar-refractivity contribution in [2.45, 2.75) is 18.7 Å². The van der Waals surface area contributed by atoms with E-state index in [1.165, 1.54) is 17.3 Å². The first-order valence-electron chi connectivity index (χ1n) is 4.99. The first-order chi connectivity index (χ1) is 7.72. The number of carbonyl (C=O) groups excluding carboxylic acids is 1. The number of hydrogen-bond acceptors (Lipinski definition) is 2. The molecule has 1 aromatic carbocycles. The summed E-state index contributed by atoms with van der Waals surface area (Å²) in [5, 5.41) is 1.03. The van der Waals surface area contributed by atoms with Crippen LogP contribution in [0.2, 0.25) is 0 Å². The molecule has 0 aliphatic carbocycles. The van der Waals surface area contributed by atoms with Crippen molar-refractivity contribution < 1.29 is 4.79 Å². The monoisotopic (exact) mass is 296 g/mol. The zero-order valence-corrected chi connectivity index (χ0v) is 11.5. The van der Waals surface area contributed by atoms with Gasteiger partial charge in [0.1, 0.15) is 0 Å². The van der Waals surface area contributed by atoms with E-state index in [2.05, 4.69) is 39.9 Å². The largest absolute Gasteiger partial charge is 0.288 e. The molecule has 0 spiro atoms. The second-order valence-corrected chi connectivity index (χ2v) is 5.05. The van der Waals surface area contributed by atoms with Crippen molar-refractivity contribution in [1.29, 1.82) is 0 Å². The molecule has 0 saturated heterocycles. The summed E-state index contributed by atoms with van der Waals surface area (Å²) >= 11 is 4.72. The second kappa shape index (κ2) is 7.54. The summed E-state index contributed by atoms with van der Waals surface area (Å²) in [6.45, 7) is 1.58. The maximum Gasteiger partial charge on any atom is 0.185 e. The molecule has 0 bridgehead atoms. The quantitative estimate of drug-likeness (QED) is 0.482. The molecule has 16 heavy (non-hydrogen) atoms. The standard InChI is InChI=1S/C13H13BrOS/c1-11(15)16-9-3-2-4-12-5-7-13(10-14)8-6-12/h5-8H,3,9-10H2,1H3. The fraction of sp³-hybridized carbons (Fsp3) is 0.308. The summed E-state index contributed by atoms with van der Waals surface area (Å²) in [6, 6.07) is 8.15. The molecular formula is C13H13BrOS. The van der Waals surface area contributed by atoms with E-state index < -0.39 is 0 Å². The molecule has 1 aromatic rings. The van der Waals surface area contributed by atoms with E-state index in [4.69, 9.17) is 0 Å². The molecule has 0 heterocycles. The molecule has 0 fully saturated rings. The molecule has 3 heteroatoms. The van der Waals surface area contributed by atoms with Crippen molar-refractivity contribution in [3.8, 4) is 11.8 Å². The molecule has 1 rings (SSSR count). The highest BCUT2D eigenvalue weighted by Crippen LogP contribution is 2.07. The Morgan fingerprint density at radius 3 is 2.62 bits per heavy atom. The summed E-state index contributed by atoms with van der Waals surface area (Å²) in [5.74, 6) is 6.92. The average molecular weight is 297 g/mol. The van der Waals surface area contributed by atoms with Crippen molar-refractivity contribution in [3.05, 3.63) is 35.4 Å². The first-order valence-corrected chi connectivity index (χ1v) is 7.10. The van der Waals surface area contributed by atoms with Gasteiger partial charge in [-0.2, -0.15) is 0 Å². The van der Waals surface area contributed by atoms with Crippen molar-refractivity contribution in [1.82, 2.24) is 0 Å². The van der Waals surface area contributed by atoms with Gasteiger partial charge in [0.15, 0.2) is 5.12 Å². The van der Waals surface area contributed by atoms with Crippen LogP contribution in [0.4, 0.5) is 0 Å². The van der Waals surface area contributed by atoms with Gasteiger partial charge >= 0.3 is 0 Å².